The molecule has 3 aromatic rings. The number of aliphatic hydroxyl groups excluding tert-OH is 1. The summed E-state index contributed by atoms with van der Waals surface area (Å²) in [6.45, 7) is 0. The van der Waals surface area contributed by atoms with Crippen LogP contribution in [-0.4, -0.2) is 31.5 Å². The molecule has 0 saturated heterocycles. The Morgan fingerprint density at radius 1 is 1.30 bits per heavy atom. The van der Waals surface area contributed by atoms with Gasteiger partial charge in [-0.1, -0.05) is 12.1 Å². The summed E-state index contributed by atoms with van der Waals surface area (Å²) >= 11 is 0. The van der Waals surface area contributed by atoms with Crippen molar-refractivity contribution >= 4 is 11.5 Å². The van der Waals surface area contributed by atoms with Gasteiger partial charge in [0.15, 0.2) is 11.5 Å². The van der Waals surface area contributed by atoms with E-state index < -0.39 is 11.5 Å². The minimum Gasteiger partial charge on any atom is -0.504 e. The summed E-state index contributed by atoms with van der Waals surface area (Å²) in [6.07, 6.45) is 2.69. The van der Waals surface area contributed by atoms with Gasteiger partial charge in [-0.2, -0.15) is 5.21 Å². The first-order valence-electron chi connectivity index (χ1n) is 6.63. The number of ketones is 1. The van der Waals surface area contributed by atoms with Gasteiger partial charge in [-0.05, 0) is 29.0 Å². The predicted molar refractivity (Wildman–Crippen MR) is 77.0 cm³/mol. The molecular formula is C15H11FN4O3. The van der Waals surface area contributed by atoms with Gasteiger partial charge in [-0.15, -0.1) is 10.2 Å². The largest absolute Gasteiger partial charge is 0.504 e. The third-order valence-electron chi connectivity index (χ3n) is 3.13. The third-order valence-corrected chi connectivity index (χ3v) is 3.13. The average Bonchev–Trinajstić information content (AvgIpc) is 3.20. The fraction of sp³-hybridized carbons (Fsp3) is 0.0667. The molecule has 7 nitrogen and oxygen atoms in total. The number of benzene rings is 1. The molecule has 0 unspecified atom stereocenters. The Morgan fingerprint density at radius 2 is 2.09 bits per heavy atom. The van der Waals surface area contributed by atoms with E-state index in [0.717, 1.165) is 11.6 Å². The van der Waals surface area contributed by atoms with Crippen LogP contribution in [0.3, 0.4) is 0 Å². The van der Waals surface area contributed by atoms with E-state index in [1.807, 2.05) is 0 Å². The second-order valence-electron chi connectivity index (χ2n) is 4.69. The molecule has 116 valence electrons. The summed E-state index contributed by atoms with van der Waals surface area (Å²) in [5.41, 5.74) is 1.09. The van der Waals surface area contributed by atoms with Crippen molar-refractivity contribution in [3.63, 3.8) is 0 Å². The van der Waals surface area contributed by atoms with Gasteiger partial charge in [0.05, 0.1) is 11.8 Å². The molecule has 0 spiro atoms. The lowest BCUT2D eigenvalue weighted by atomic mass is 10.0. The quantitative estimate of drug-likeness (QED) is 0.425. The van der Waals surface area contributed by atoms with Crippen molar-refractivity contribution in [1.82, 2.24) is 20.6 Å². The number of nitrogens with one attached hydrogen (secondary N) is 1. The Morgan fingerprint density at radius 3 is 2.78 bits per heavy atom. The molecule has 23 heavy (non-hydrogen) atoms. The molecule has 0 atom stereocenters. The Bertz CT molecular complexity index is 838. The van der Waals surface area contributed by atoms with Crippen LogP contribution in [0.1, 0.15) is 27.5 Å². The van der Waals surface area contributed by atoms with Crippen LogP contribution in [0.15, 0.2) is 47.1 Å². The van der Waals surface area contributed by atoms with Crippen LogP contribution in [0.5, 0.6) is 0 Å². The average molecular weight is 314 g/mol. The van der Waals surface area contributed by atoms with E-state index in [9.17, 15) is 14.3 Å². The standard InChI is InChI=1S/C15H11FN4O3/c16-10-3-1-9(2-4-10)7-14-11(5-6-23-14)12(21)8-13(22)15-17-19-20-18-15/h1-6,8,22H,7H2,(H,17,18,19,20). The summed E-state index contributed by atoms with van der Waals surface area (Å²) in [7, 11) is 0. The lowest BCUT2D eigenvalue weighted by molar-refractivity contribution is 0.104. The second-order valence-corrected chi connectivity index (χ2v) is 4.69. The van der Waals surface area contributed by atoms with Gasteiger partial charge in [0.1, 0.15) is 11.6 Å². The van der Waals surface area contributed by atoms with Crippen LogP contribution in [0, 0.1) is 5.82 Å². The molecule has 0 amide bonds. The van der Waals surface area contributed by atoms with Gasteiger partial charge in [0.2, 0.25) is 5.82 Å². The van der Waals surface area contributed by atoms with Crippen molar-refractivity contribution in [3.05, 3.63) is 71.2 Å². The first kappa shape index (κ1) is 14.6. The van der Waals surface area contributed by atoms with E-state index in [0.29, 0.717) is 17.7 Å². The summed E-state index contributed by atoms with van der Waals surface area (Å²) < 4.78 is 18.2. The van der Waals surface area contributed by atoms with Gasteiger partial charge in [-0.3, -0.25) is 4.79 Å². The number of halogens is 1. The lowest BCUT2D eigenvalue weighted by Crippen LogP contribution is -2.00. The normalized spacial score (nSPS) is 11.6. The maximum atomic E-state index is 12.9. The Hall–Kier alpha value is -3.29. The minimum absolute atomic E-state index is 0.0815. The van der Waals surface area contributed by atoms with Crippen LogP contribution >= 0.6 is 0 Å². The molecule has 0 aliphatic rings. The number of carbonyl (C=O) groups excluding carboxylic acids is 1. The number of carbonyl (C=O) groups is 1. The monoisotopic (exact) mass is 314 g/mol. The molecule has 0 saturated carbocycles. The zero-order chi connectivity index (χ0) is 16.2. The smallest absolute Gasteiger partial charge is 0.239 e. The molecule has 2 aromatic heterocycles. The number of hydrogen-bond donors (Lipinski definition) is 2. The van der Waals surface area contributed by atoms with E-state index in [4.69, 9.17) is 4.42 Å². The Kier molecular flexibility index (Phi) is 3.96. The van der Waals surface area contributed by atoms with Crippen molar-refractivity contribution in [2.75, 3.05) is 0 Å². The fourth-order valence-electron chi connectivity index (χ4n) is 2.02. The molecule has 2 heterocycles. The minimum atomic E-state index is -0.460. The molecule has 0 aliphatic heterocycles. The van der Waals surface area contributed by atoms with Gasteiger partial charge < -0.3 is 9.52 Å². The predicted octanol–water partition coefficient (Wildman–Crippen LogP) is 2.30. The molecule has 0 fully saturated rings. The van der Waals surface area contributed by atoms with E-state index in [1.54, 1.807) is 12.1 Å². The number of nitrogens with zero attached hydrogens (tertiary/aromatic N) is 3. The number of allylic oxidation sites excluding steroid dienone is 1. The molecular weight excluding hydrogens is 303 g/mol. The molecule has 2 N–H and O–H groups in total. The number of hydrogen-bond acceptors (Lipinski definition) is 6. The highest BCUT2D eigenvalue weighted by molar-refractivity contribution is 6.08. The number of aromatic nitrogens is 4. The zero-order valence-electron chi connectivity index (χ0n) is 11.7. The molecule has 0 radical (unpaired) electrons. The number of tetrazole rings is 1. The van der Waals surface area contributed by atoms with Gasteiger partial charge in [0.25, 0.3) is 0 Å². The highest BCUT2D eigenvalue weighted by Crippen LogP contribution is 2.18. The van der Waals surface area contributed by atoms with Crippen LogP contribution in [0.2, 0.25) is 0 Å². The topological polar surface area (TPSA) is 105 Å². The summed E-state index contributed by atoms with van der Waals surface area (Å²) in [6, 6.07) is 7.39. The maximum absolute atomic E-state index is 12.9. The summed E-state index contributed by atoms with van der Waals surface area (Å²) in [5.74, 6) is -0.867. The Balaban J connectivity index is 1.81. The number of rotatable bonds is 5. The van der Waals surface area contributed by atoms with Crippen LogP contribution < -0.4 is 0 Å². The SMILES string of the molecule is O=C(C=C(O)c1nn[nH]n1)c1ccoc1Cc1ccc(F)cc1. The zero-order valence-corrected chi connectivity index (χ0v) is 11.7. The third kappa shape index (κ3) is 3.31. The van der Waals surface area contributed by atoms with Crippen LogP contribution in [-0.2, 0) is 6.42 Å². The van der Waals surface area contributed by atoms with Crippen molar-refractivity contribution in [1.29, 1.82) is 0 Å². The molecule has 0 aliphatic carbocycles. The summed E-state index contributed by atoms with van der Waals surface area (Å²) in [4.78, 5) is 12.2. The highest BCUT2D eigenvalue weighted by atomic mass is 19.1. The van der Waals surface area contributed by atoms with Crippen molar-refractivity contribution in [2.24, 2.45) is 0 Å². The maximum Gasteiger partial charge on any atom is 0.239 e. The Labute approximate surface area is 129 Å². The number of aliphatic hydroxyl groups is 1. The molecule has 0 bridgehead atoms. The van der Waals surface area contributed by atoms with Crippen LogP contribution in [0.4, 0.5) is 4.39 Å². The van der Waals surface area contributed by atoms with E-state index in [-0.39, 0.29) is 11.6 Å². The van der Waals surface area contributed by atoms with E-state index in [2.05, 4.69) is 20.6 Å². The number of H-pyrrole nitrogens is 1. The highest BCUT2D eigenvalue weighted by Gasteiger charge is 2.16. The van der Waals surface area contributed by atoms with Crippen molar-refractivity contribution in [2.45, 2.75) is 6.42 Å². The number of aromatic amines is 1. The van der Waals surface area contributed by atoms with E-state index >= 15 is 0 Å². The van der Waals surface area contributed by atoms with Crippen molar-refractivity contribution < 1.29 is 18.7 Å². The van der Waals surface area contributed by atoms with Gasteiger partial charge >= 0.3 is 0 Å². The summed E-state index contributed by atoms with van der Waals surface area (Å²) in [5, 5.41) is 22.4. The molecule has 8 heteroatoms. The second kappa shape index (κ2) is 6.22. The van der Waals surface area contributed by atoms with Crippen molar-refractivity contribution in [3.8, 4) is 0 Å². The van der Waals surface area contributed by atoms with Gasteiger partial charge in [0, 0.05) is 12.5 Å². The van der Waals surface area contributed by atoms with Gasteiger partial charge in [-0.25, -0.2) is 4.39 Å². The molecule has 3 rings (SSSR count). The molecule has 1 aromatic carbocycles. The fourth-order valence-corrected chi connectivity index (χ4v) is 2.02. The first-order valence-corrected chi connectivity index (χ1v) is 6.63. The first-order chi connectivity index (χ1) is 11.1. The van der Waals surface area contributed by atoms with E-state index in [1.165, 1.54) is 24.5 Å². The lowest BCUT2D eigenvalue weighted by Gasteiger charge is -2.01. The number of furan rings is 1. The van der Waals surface area contributed by atoms with Crippen LogP contribution in [0.25, 0.3) is 5.76 Å².